The summed E-state index contributed by atoms with van der Waals surface area (Å²) in [5.41, 5.74) is 3.14. The van der Waals surface area contributed by atoms with Crippen molar-refractivity contribution in [2.75, 3.05) is 0 Å². The van der Waals surface area contributed by atoms with Crippen LogP contribution in [0.5, 0.6) is 11.5 Å². The highest BCUT2D eigenvalue weighted by atomic mass is 16.5. The van der Waals surface area contributed by atoms with Gasteiger partial charge >= 0.3 is 0 Å². The largest absolute Gasteiger partial charge is 0.508 e. The molecule has 94 valence electrons. The Labute approximate surface area is 108 Å². The minimum atomic E-state index is 0.180. The highest BCUT2D eigenvalue weighted by molar-refractivity contribution is 5.66. The van der Waals surface area contributed by atoms with Crippen LogP contribution in [-0.4, -0.2) is 11.2 Å². The van der Waals surface area contributed by atoms with Gasteiger partial charge < -0.3 is 9.84 Å². The van der Waals surface area contributed by atoms with E-state index in [-0.39, 0.29) is 6.10 Å². The van der Waals surface area contributed by atoms with Gasteiger partial charge in [0, 0.05) is 0 Å². The number of hydrogen-bond donors (Lipinski definition) is 1. The maximum Gasteiger partial charge on any atom is 0.119 e. The molecular weight excluding hydrogens is 224 g/mol. The van der Waals surface area contributed by atoms with E-state index in [9.17, 15) is 5.11 Å². The van der Waals surface area contributed by atoms with E-state index in [1.54, 1.807) is 12.1 Å². The zero-order valence-electron chi connectivity index (χ0n) is 11.0. The Hall–Kier alpha value is -1.96. The predicted octanol–water partition coefficient (Wildman–Crippen LogP) is 4.15. The van der Waals surface area contributed by atoms with Gasteiger partial charge in [-0.1, -0.05) is 18.2 Å². The van der Waals surface area contributed by atoms with E-state index < -0.39 is 0 Å². The molecule has 1 N–H and O–H groups in total. The third kappa shape index (κ3) is 3.04. The number of benzene rings is 2. The van der Waals surface area contributed by atoms with Gasteiger partial charge in [0.25, 0.3) is 0 Å². The molecule has 0 atom stereocenters. The third-order valence-corrected chi connectivity index (χ3v) is 2.62. The Bertz CT molecular complexity index is 507. The van der Waals surface area contributed by atoms with E-state index in [0.717, 1.165) is 22.4 Å². The number of hydrogen-bond acceptors (Lipinski definition) is 2. The molecule has 2 heteroatoms. The quantitative estimate of drug-likeness (QED) is 0.876. The first-order chi connectivity index (χ1) is 8.54. The molecule has 18 heavy (non-hydrogen) atoms. The van der Waals surface area contributed by atoms with Gasteiger partial charge in [0.05, 0.1) is 6.10 Å². The summed E-state index contributed by atoms with van der Waals surface area (Å²) < 4.78 is 5.60. The monoisotopic (exact) mass is 242 g/mol. The second kappa shape index (κ2) is 5.13. The van der Waals surface area contributed by atoms with Crippen LogP contribution in [0.2, 0.25) is 0 Å². The van der Waals surface area contributed by atoms with Crippen LogP contribution in [-0.2, 0) is 0 Å². The Morgan fingerprint density at radius 1 is 0.944 bits per heavy atom. The van der Waals surface area contributed by atoms with Gasteiger partial charge in [-0.2, -0.15) is 0 Å². The second-order valence-corrected chi connectivity index (χ2v) is 4.75. The molecule has 2 nitrogen and oxygen atoms in total. The Kier molecular flexibility index (Phi) is 3.56. The fourth-order valence-electron chi connectivity index (χ4n) is 1.93. The van der Waals surface area contributed by atoms with Gasteiger partial charge in [-0.3, -0.25) is 0 Å². The molecule has 0 fully saturated rings. The summed E-state index contributed by atoms with van der Waals surface area (Å²) in [7, 11) is 0. The van der Waals surface area contributed by atoms with Crippen molar-refractivity contribution in [3.05, 3.63) is 48.0 Å². The van der Waals surface area contributed by atoms with Crippen LogP contribution in [0.4, 0.5) is 0 Å². The van der Waals surface area contributed by atoms with E-state index in [1.165, 1.54) is 0 Å². The first-order valence-electron chi connectivity index (χ1n) is 6.12. The second-order valence-electron chi connectivity index (χ2n) is 4.75. The summed E-state index contributed by atoms with van der Waals surface area (Å²) >= 11 is 0. The molecule has 0 saturated heterocycles. The molecule has 0 saturated carbocycles. The molecule has 0 aromatic heterocycles. The summed E-state index contributed by atoms with van der Waals surface area (Å²) in [6, 6.07) is 13.5. The van der Waals surface area contributed by atoms with E-state index >= 15 is 0 Å². The van der Waals surface area contributed by atoms with E-state index in [2.05, 4.69) is 6.07 Å². The van der Waals surface area contributed by atoms with Crippen molar-refractivity contribution in [2.24, 2.45) is 0 Å². The number of phenolic OH excluding ortho intramolecular Hbond substituents is 1. The van der Waals surface area contributed by atoms with Crippen molar-refractivity contribution in [3.63, 3.8) is 0 Å². The lowest BCUT2D eigenvalue weighted by molar-refractivity contribution is 0.242. The van der Waals surface area contributed by atoms with Crippen LogP contribution in [0.3, 0.4) is 0 Å². The SMILES string of the molecule is Cc1cc(O)cc(-c2ccc(OC(C)C)cc2)c1. The predicted molar refractivity (Wildman–Crippen MR) is 74.0 cm³/mol. The molecule has 2 rings (SSSR count). The molecular formula is C16H18O2. The zero-order valence-corrected chi connectivity index (χ0v) is 11.0. The third-order valence-electron chi connectivity index (χ3n) is 2.62. The summed E-state index contributed by atoms with van der Waals surface area (Å²) in [5.74, 6) is 1.16. The van der Waals surface area contributed by atoms with Crippen LogP contribution < -0.4 is 4.74 Å². The zero-order chi connectivity index (χ0) is 13.1. The van der Waals surface area contributed by atoms with Crippen LogP contribution in [0, 0.1) is 6.92 Å². The summed E-state index contributed by atoms with van der Waals surface area (Å²) in [5, 5.41) is 9.60. The maximum atomic E-state index is 9.60. The maximum absolute atomic E-state index is 9.60. The standard InChI is InChI=1S/C16H18O2/c1-11(2)18-16-6-4-13(5-7-16)14-8-12(3)9-15(17)10-14/h4-11,17H,1-3H3. The molecule has 2 aromatic carbocycles. The minimum absolute atomic E-state index is 0.180. The molecule has 0 bridgehead atoms. The van der Waals surface area contributed by atoms with Gasteiger partial charge in [-0.15, -0.1) is 0 Å². The van der Waals surface area contributed by atoms with Crippen LogP contribution >= 0.6 is 0 Å². The Morgan fingerprint density at radius 3 is 2.17 bits per heavy atom. The lowest BCUT2D eigenvalue weighted by Gasteiger charge is -2.10. The van der Waals surface area contributed by atoms with Gasteiger partial charge in [-0.05, 0) is 61.7 Å². The van der Waals surface area contributed by atoms with E-state index in [4.69, 9.17) is 4.74 Å². The normalized spacial score (nSPS) is 10.7. The number of rotatable bonds is 3. The highest BCUT2D eigenvalue weighted by Gasteiger charge is 2.02. The fraction of sp³-hybridized carbons (Fsp3) is 0.250. The smallest absolute Gasteiger partial charge is 0.119 e. The van der Waals surface area contributed by atoms with Crippen molar-refractivity contribution in [1.29, 1.82) is 0 Å². The van der Waals surface area contributed by atoms with Crippen LogP contribution in [0.25, 0.3) is 11.1 Å². The minimum Gasteiger partial charge on any atom is -0.508 e. The van der Waals surface area contributed by atoms with Crippen molar-refractivity contribution < 1.29 is 9.84 Å². The number of phenols is 1. The molecule has 0 radical (unpaired) electrons. The first kappa shape index (κ1) is 12.5. The van der Waals surface area contributed by atoms with Crippen molar-refractivity contribution in [3.8, 4) is 22.6 Å². The number of ether oxygens (including phenoxy) is 1. The summed E-state index contributed by atoms with van der Waals surface area (Å²) in [6.07, 6.45) is 0.180. The lowest BCUT2D eigenvalue weighted by atomic mass is 10.0. The first-order valence-corrected chi connectivity index (χ1v) is 6.12. The van der Waals surface area contributed by atoms with Crippen molar-refractivity contribution in [1.82, 2.24) is 0 Å². The molecule has 0 aliphatic carbocycles. The summed E-state index contributed by atoms with van der Waals surface area (Å²) in [6.45, 7) is 5.98. The Morgan fingerprint density at radius 2 is 1.61 bits per heavy atom. The average Bonchev–Trinajstić information content (AvgIpc) is 2.27. The molecule has 0 aliphatic heterocycles. The molecule has 0 heterocycles. The van der Waals surface area contributed by atoms with E-state index in [1.807, 2.05) is 45.0 Å². The van der Waals surface area contributed by atoms with Gasteiger partial charge in [0.2, 0.25) is 0 Å². The molecule has 0 amide bonds. The van der Waals surface area contributed by atoms with Gasteiger partial charge in [0.1, 0.15) is 11.5 Å². The van der Waals surface area contributed by atoms with Crippen molar-refractivity contribution >= 4 is 0 Å². The van der Waals surface area contributed by atoms with E-state index in [0.29, 0.717) is 5.75 Å². The molecule has 0 unspecified atom stereocenters. The van der Waals surface area contributed by atoms with Gasteiger partial charge in [0.15, 0.2) is 0 Å². The summed E-state index contributed by atoms with van der Waals surface area (Å²) in [4.78, 5) is 0. The highest BCUT2D eigenvalue weighted by Crippen LogP contribution is 2.27. The molecule has 0 aliphatic rings. The average molecular weight is 242 g/mol. The molecule has 2 aromatic rings. The lowest BCUT2D eigenvalue weighted by Crippen LogP contribution is -2.05. The molecule has 0 spiro atoms. The van der Waals surface area contributed by atoms with Crippen molar-refractivity contribution in [2.45, 2.75) is 26.9 Å². The van der Waals surface area contributed by atoms with Gasteiger partial charge in [-0.25, -0.2) is 0 Å². The Balaban J connectivity index is 2.28. The van der Waals surface area contributed by atoms with Crippen LogP contribution in [0.15, 0.2) is 42.5 Å². The van der Waals surface area contributed by atoms with Crippen LogP contribution in [0.1, 0.15) is 19.4 Å². The fourth-order valence-corrected chi connectivity index (χ4v) is 1.93. The number of aromatic hydroxyl groups is 1. The topological polar surface area (TPSA) is 29.5 Å². The number of aryl methyl sites for hydroxylation is 1.